The number of nitrogens with one attached hydrogen (secondary N) is 1. The minimum atomic E-state index is -0.177. The van der Waals surface area contributed by atoms with E-state index in [9.17, 15) is 9.59 Å². The molecule has 0 bridgehead atoms. The van der Waals surface area contributed by atoms with Gasteiger partial charge in [-0.25, -0.2) is 0 Å². The lowest BCUT2D eigenvalue weighted by Crippen LogP contribution is -2.41. The Hall–Kier alpha value is -2.62. The van der Waals surface area contributed by atoms with E-state index in [4.69, 9.17) is 0 Å². The molecule has 2 aromatic carbocycles. The van der Waals surface area contributed by atoms with Crippen LogP contribution in [0.2, 0.25) is 0 Å². The number of hydrogen-bond donors (Lipinski definition) is 1. The molecule has 1 unspecified atom stereocenters. The highest BCUT2D eigenvalue weighted by Gasteiger charge is 2.30. The minimum Gasteiger partial charge on any atom is -0.356 e. The Morgan fingerprint density at radius 2 is 1.76 bits per heavy atom. The zero-order chi connectivity index (χ0) is 21.0. The van der Waals surface area contributed by atoms with Crippen molar-refractivity contribution in [2.24, 2.45) is 0 Å². The Morgan fingerprint density at radius 3 is 2.41 bits per heavy atom. The number of carbonyl (C=O) groups excluding carboxylic acids is 2. The van der Waals surface area contributed by atoms with Gasteiger partial charge in [-0.2, -0.15) is 0 Å². The Labute approximate surface area is 174 Å². The zero-order valence-electron chi connectivity index (χ0n) is 18.0. The maximum absolute atomic E-state index is 12.6. The van der Waals surface area contributed by atoms with Crippen molar-refractivity contribution in [2.75, 3.05) is 13.1 Å². The first kappa shape index (κ1) is 21.1. The lowest BCUT2D eigenvalue weighted by molar-refractivity contribution is -0.133. The van der Waals surface area contributed by atoms with Crippen molar-refractivity contribution in [1.82, 2.24) is 10.2 Å². The largest absolute Gasteiger partial charge is 0.356 e. The van der Waals surface area contributed by atoms with E-state index >= 15 is 0 Å². The number of nitrogens with zero attached hydrogens (tertiary/aromatic N) is 1. The molecule has 2 aromatic rings. The molecule has 2 amide bonds. The van der Waals surface area contributed by atoms with Gasteiger partial charge in [-0.15, -0.1) is 0 Å². The molecule has 29 heavy (non-hydrogen) atoms. The molecule has 1 heterocycles. The first-order valence-electron chi connectivity index (χ1n) is 10.5. The maximum Gasteiger partial charge on any atom is 0.222 e. The standard InChI is InChI=1S/C25H32N2O2/c1-18(28)27-16-14-20-7-5-6-8-22(20)23(27)17-24(29)26-15-13-19-9-11-21(12-10-19)25(2,3)4/h5-12,23H,13-17H2,1-4H3,(H,26,29). The smallest absolute Gasteiger partial charge is 0.222 e. The van der Waals surface area contributed by atoms with Crippen molar-refractivity contribution in [3.8, 4) is 0 Å². The summed E-state index contributed by atoms with van der Waals surface area (Å²) in [4.78, 5) is 26.5. The van der Waals surface area contributed by atoms with Crippen LogP contribution in [0.1, 0.15) is 62.4 Å². The quantitative estimate of drug-likeness (QED) is 0.830. The second-order valence-corrected chi connectivity index (χ2v) is 8.93. The Bertz CT molecular complexity index is 865. The van der Waals surface area contributed by atoms with Gasteiger partial charge in [0.25, 0.3) is 0 Å². The molecule has 1 aliphatic rings. The monoisotopic (exact) mass is 392 g/mol. The fourth-order valence-corrected chi connectivity index (χ4v) is 4.01. The molecular formula is C25H32N2O2. The molecule has 0 saturated carbocycles. The highest BCUT2D eigenvalue weighted by atomic mass is 16.2. The van der Waals surface area contributed by atoms with Crippen LogP contribution in [-0.2, 0) is 27.8 Å². The first-order valence-corrected chi connectivity index (χ1v) is 10.5. The molecule has 0 radical (unpaired) electrons. The van der Waals surface area contributed by atoms with Gasteiger partial charge in [-0.3, -0.25) is 9.59 Å². The molecule has 4 heteroatoms. The summed E-state index contributed by atoms with van der Waals surface area (Å²) >= 11 is 0. The minimum absolute atomic E-state index is 0.00994. The topological polar surface area (TPSA) is 49.4 Å². The molecule has 0 saturated heterocycles. The second kappa shape index (κ2) is 8.81. The molecule has 0 fully saturated rings. The van der Waals surface area contributed by atoms with Crippen molar-refractivity contribution in [3.63, 3.8) is 0 Å². The van der Waals surface area contributed by atoms with Crippen LogP contribution in [0.5, 0.6) is 0 Å². The second-order valence-electron chi connectivity index (χ2n) is 8.93. The highest BCUT2D eigenvalue weighted by molar-refractivity contribution is 5.79. The van der Waals surface area contributed by atoms with Gasteiger partial charge in [0.2, 0.25) is 11.8 Å². The van der Waals surface area contributed by atoms with Gasteiger partial charge >= 0.3 is 0 Å². The van der Waals surface area contributed by atoms with Crippen LogP contribution < -0.4 is 5.32 Å². The average molecular weight is 393 g/mol. The van der Waals surface area contributed by atoms with E-state index in [0.717, 1.165) is 18.4 Å². The lowest BCUT2D eigenvalue weighted by atomic mass is 9.86. The van der Waals surface area contributed by atoms with Crippen molar-refractivity contribution < 1.29 is 9.59 Å². The van der Waals surface area contributed by atoms with Gasteiger partial charge < -0.3 is 10.2 Å². The molecular weight excluding hydrogens is 360 g/mol. The van der Waals surface area contributed by atoms with Gasteiger partial charge in [0.15, 0.2) is 0 Å². The molecule has 1 N–H and O–H groups in total. The summed E-state index contributed by atoms with van der Waals surface area (Å²) in [7, 11) is 0. The Morgan fingerprint density at radius 1 is 1.07 bits per heavy atom. The highest BCUT2D eigenvalue weighted by Crippen LogP contribution is 2.32. The number of carbonyl (C=O) groups is 2. The van der Waals surface area contributed by atoms with Gasteiger partial charge in [0.05, 0.1) is 12.5 Å². The van der Waals surface area contributed by atoms with Crippen LogP contribution in [-0.4, -0.2) is 29.8 Å². The van der Waals surface area contributed by atoms with Crippen LogP contribution in [0.4, 0.5) is 0 Å². The molecule has 0 spiro atoms. The normalized spacial score (nSPS) is 16.3. The predicted octanol–water partition coefficient (Wildman–Crippen LogP) is 4.18. The molecule has 4 nitrogen and oxygen atoms in total. The van der Waals surface area contributed by atoms with Crippen molar-refractivity contribution in [1.29, 1.82) is 0 Å². The van der Waals surface area contributed by atoms with E-state index < -0.39 is 0 Å². The summed E-state index contributed by atoms with van der Waals surface area (Å²) in [6, 6.07) is 16.6. The van der Waals surface area contributed by atoms with Gasteiger partial charge in [-0.1, -0.05) is 69.3 Å². The predicted molar refractivity (Wildman–Crippen MR) is 117 cm³/mol. The fourth-order valence-electron chi connectivity index (χ4n) is 4.01. The van der Waals surface area contributed by atoms with Gasteiger partial charge in [0.1, 0.15) is 0 Å². The van der Waals surface area contributed by atoms with E-state index in [-0.39, 0.29) is 23.3 Å². The first-order chi connectivity index (χ1) is 13.8. The van der Waals surface area contributed by atoms with Crippen LogP contribution >= 0.6 is 0 Å². The van der Waals surface area contributed by atoms with Gasteiger partial charge in [0, 0.05) is 20.0 Å². The zero-order valence-corrected chi connectivity index (χ0v) is 18.0. The van der Waals surface area contributed by atoms with E-state index in [1.54, 1.807) is 6.92 Å². The number of rotatable bonds is 5. The molecule has 154 valence electrons. The SMILES string of the molecule is CC(=O)N1CCc2ccccc2C1CC(=O)NCCc1ccc(C(C)(C)C)cc1. The molecule has 0 aromatic heterocycles. The maximum atomic E-state index is 12.6. The summed E-state index contributed by atoms with van der Waals surface area (Å²) < 4.78 is 0. The lowest BCUT2D eigenvalue weighted by Gasteiger charge is -2.36. The van der Waals surface area contributed by atoms with Crippen LogP contribution in [0, 0.1) is 0 Å². The summed E-state index contributed by atoms with van der Waals surface area (Å²) in [6.45, 7) is 9.47. The van der Waals surface area contributed by atoms with Crippen LogP contribution in [0.3, 0.4) is 0 Å². The summed E-state index contributed by atoms with van der Waals surface area (Å²) in [6.07, 6.45) is 1.95. The van der Waals surface area contributed by atoms with E-state index in [0.29, 0.717) is 19.5 Å². The third-order valence-electron chi connectivity index (χ3n) is 5.75. The van der Waals surface area contributed by atoms with Crippen LogP contribution in [0.25, 0.3) is 0 Å². The third kappa shape index (κ3) is 5.26. The Balaban J connectivity index is 1.58. The number of benzene rings is 2. The summed E-state index contributed by atoms with van der Waals surface area (Å²) in [5.41, 5.74) is 5.01. The van der Waals surface area contributed by atoms with Crippen molar-refractivity contribution >= 4 is 11.8 Å². The van der Waals surface area contributed by atoms with Crippen molar-refractivity contribution in [2.45, 2.75) is 58.4 Å². The molecule has 1 atom stereocenters. The molecule has 3 rings (SSSR count). The number of hydrogen-bond acceptors (Lipinski definition) is 2. The third-order valence-corrected chi connectivity index (χ3v) is 5.75. The fraction of sp³-hybridized carbons (Fsp3) is 0.440. The van der Waals surface area contributed by atoms with E-state index in [1.807, 2.05) is 23.1 Å². The van der Waals surface area contributed by atoms with Crippen molar-refractivity contribution in [3.05, 3.63) is 70.8 Å². The van der Waals surface area contributed by atoms with Crippen LogP contribution in [0.15, 0.2) is 48.5 Å². The Kier molecular flexibility index (Phi) is 6.41. The van der Waals surface area contributed by atoms with E-state index in [1.165, 1.54) is 16.7 Å². The molecule has 0 aliphatic carbocycles. The average Bonchev–Trinajstić information content (AvgIpc) is 2.67. The number of amides is 2. The molecule has 1 aliphatic heterocycles. The van der Waals surface area contributed by atoms with Gasteiger partial charge in [-0.05, 0) is 40.5 Å². The summed E-state index contributed by atoms with van der Waals surface area (Å²) in [5, 5.41) is 3.04. The van der Waals surface area contributed by atoms with E-state index in [2.05, 4.69) is 56.4 Å². The number of fused-ring (bicyclic) bond motifs is 1. The summed E-state index contributed by atoms with van der Waals surface area (Å²) in [5.74, 6) is 0.0144.